The number of morpholine rings is 2. The molecule has 0 aromatic heterocycles. The van der Waals surface area contributed by atoms with E-state index in [0.717, 1.165) is 72.1 Å². The van der Waals surface area contributed by atoms with E-state index in [4.69, 9.17) is 23.7 Å². The first kappa shape index (κ1) is 46.6. The zero-order valence-corrected chi connectivity index (χ0v) is 27.6. The summed E-state index contributed by atoms with van der Waals surface area (Å²) in [6.45, 7) is 14.7. The molecule has 0 N–H and O–H groups in total. The van der Waals surface area contributed by atoms with Crippen LogP contribution < -0.4 is 33.1 Å². The SMILES string of the molecule is C.C.COc1ccc(OCCN2CCOCC2)cc1C(F)F.FC(F)c1cc(OCCN2CCOCC2)ccc1Br.[CH2-]CCC.[Li+]. The van der Waals surface area contributed by atoms with E-state index in [1.807, 2.05) is 0 Å². The second-order valence-corrected chi connectivity index (χ2v) is 10.5. The topological polar surface area (TPSA) is 52.6 Å². The van der Waals surface area contributed by atoms with E-state index >= 15 is 0 Å². The van der Waals surface area contributed by atoms with Crippen molar-refractivity contribution in [2.75, 3.05) is 86.0 Å². The molecule has 2 heterocycles. The molecule has 2 fully saturated rings. The van der Waals surface area contributed by atoms with Gasteiger partial charge in [-0.25, -0.2) is 17.6 Å². The predicted octanol–water partition coefficient (Wildman–Crippen LogP) is 5.34. The molecule has 0 unspecified atom stereocenters. The third kappa shape index (κ3) is 18.1. The third-order valence-electron chi connectivity index (χ3n) is 6.55. The molecule has 4 rings (SSSR count). The Kier molecular flexibility index (Phi) is 27.8. The van der Waals surface area contributed by atoms with Crippen LogP contribution in [0.4, 0.5) is 17.6 Å². The first-order valence-electron chi connectivity index (χ1n) is 14.5. The Morgan fingerprint density at radius 2 is 1.20 bits per heavy atom. The molecule has 0 bridgehead atoms. The van der Waals surface area contributed by atoms with Crippen LogP contribution in [0.15, 0.2) is 40.9 Å². The number of benzene rings is 2. The average Bonchev–Trinajstić information content (AvgIpc) is 3.03. The van der Waals surface area contributed by atoms with Crippen molar-refractivity contribution in [3.63, 3.8) is 0 Å². The maximum atomic E-state index is 12.8. The monoisotopic (exact) mass is 718 g/mol. The van der Waals surface area contributed by atoms with Gasteiger partial charge in [0.15, 0.2) is 0 Å². The van der Waals surface area contributed by atoms with Crippen molar-refractivity contribution in [1.29, 1.82) is 0 Å². The van der Waals surface area contributed by atoms with Crippen molar-refractivity contribution in [2.24, 2.45) is 0 Å². The van der Waals surface area contributed by atoms with Crippen molar-refractivity contribution in [2.45, 2.75) is 47.5 Å². The zero-order valence-electron chi connectivity index (χ0n) is 26.1. The van der Waals surface area contributed by atoms with E-state index in [1.54, 1.807) is 18.2 Å². The van der Waals surface area contributed by atoms with E-state index in [2.05, 4.69) is 39.6 Å². The van der Waals surface area contributed by atoms with Crippen molar-refractivity contribution in [3.05, 3.63) is 58.9 Å². The molecule has 0 amide bonds. The van der Waals surface area contributed by atoms with Gasteiger partial charge in [-0.3, -0.25) is 9.80 Å². The summed E-state index contributed by atoms with van der Waals surface area (Å²) in [5.74, 6) is 1.10. The molecule has 7 nitrogen and oxygen atoms in total. The van der Waals surface area contributed by atoms with Crippen molar-refractivity contribution < 1.29 is 60.1 Å². The van der Waals surface area contributed by atoms with Crippen LogP contribution in [-0.2, 0) is 9.47 Å². The third-order valence-corrected chi connectivity index (χ3v) is 7.27. The molecule has 46 heavy (non-hydrogen) atoms. The van der Waals surface area contributed by atoms with Gasteiger partial charge in [0.2, 0.25) is 0 Å². The van der Waals surface area contributed by atoms with Crippen molar-refractivity contribution in [3.8, 4) is 17.2 Å². The molecule has 0 saturated carbocycles. The van der Waals surface area contributed by atoms with Gasteiger partial charge in [-0.1, -0.05) is 44.1 Å². The summed E-state index contributed by atoms with van der Waals surface area (Å²) < 4.78 is 78.0. The summed E-state index contributed by atoms with van der Waals surface area (Å²) in [7, 11) is 1.38. The van der Waals surface area contributed by atoms with Crippen LogP contribution in [0.1, 0.15) is 58.6 Å². The normalized spacial score (nSPS) is 14.7. The molecule has 0 aliphatic carbocycles. The van der Waals surface area contributed by atoms with Crippen LogP contribution in [-0.4, -0.2) is 95.8 Å². The number of nitrogens with zero attached hydrogens (tertiary/aromatic N) is 2. The fourth-order valence-corrected chi connectivity index (χ4v) is 4.41. The Balaban J connectivity index is 0. The fourth-order valence-electron chi connectivity index (χ4n) is 3.99. The summed E-state index contributed by atoms with van der Waals surface area (Å²) in [5.41, 5.74) is -0.180. The summed E-state index contributed by atoms with van der Waals surface area (Å²) in [5, 5.41) is 0. The number of ether oxygens (including phenoxy) is 5. The number of rotatable bonds is 12. The van der Waals surface area contributed by atoms with Gasteiger partial charge in [-0.2, -0.15) is 6.42 Å². The van der Waals surface area contributed by atoms with Gasteiger partial charge in [0.1, 0.15) is 30.5 Å². The van der Waals surface area contributed by atoms with E-state index in [-0.39, 0.29) is 50.6 Å². The summed E-state index contributed by atoms with van der Waals surface area (Å²) in [6.07, 6.45) is -2.80. The van der Waals surface area contributed by atoms with Gasteiger partial charge < -0.3 is 30.6 Å². The Morgan fingerprint density at radius 1 is 0.783 bits per heavy atom. The molecule has 0 radical (unpaired) electrons. The fraction of sp³-hybridized carbons (Fsp3) is 0.606. The predicted molar refractivity (Wildman–Crippen MR) is 176 cm³/mol. The van der Waals surface area contributed by atoms with Gasteiger partial charge in [-0.05, 0) is 36.4 Å². The van der Waals surface area contributed by atoms with Crippen LogP contribution in [0.25, 0.3) is 0 Å². The van der Waals surface area contributed by atoms with Crippen LogP contribution >= 0.6 is 15.9 Å². The molecule has 0 spiro atoms. The zero-order chi connectivity index (χ0) is 31.5. The van der Waals surface area contributed by atoms with Crippen LogP contribution in [0.2, 0.25) is 0 Å². The van der Waals surface area contributed by atoms with E-state index in [0.29, 0.717) is 29.2 Å². The summed E-state index contributed by atoms with van der Waals surface area (Å²) in [6, 6.07) is 9.15. The minimum absolute atomic E-state index is 0. The molecule has 13 heteroatoms. The maximum Gasteiger partial charge on any atom is 1.00 e. The van der Waals surface area contributed by atoms with Gasteiger partial charge in [0.25, 0.3) is 12.9 Å². The minimum atomic E-state index is -2.58. The molecule has 2 aromatic rings. The molecule has 2 aromatic carbocycles. The number of methoxy groups -OCH3 is 1. The van der Waals surface area contributed by atoms with Gasteiger partial charge in [-0.15, -0.1) is 0 Å². The molecule has 2 aliphatic rings. The number of alkyl halides is 4. The van der Waals surface area contributed by atoms with Crippen LogP contribution in [0.3, 0.4) is 0 Å². The molecular weight excluding hydrogens is 667 g/mol. The van der Waals surface area contributed by atoms with Crippen LogP contribution in [0.5, 0.6) is 17.2 Å². The Hall–Kier alpha value is -1.52. The number of hydrogen-bond acceptors (Lipinski definition) is 7. The summed E-state index contributed by atoms with van der Waals surface area (Å²) in [4.78, 5) is 4.46. The van der Waals surface area contributed by atoms with E-state index < -0.39 is 12.9 Å². The van der Waals surface area contributed by atoms with Gasteiger partial charge in [0, 0.05) is 49.3 Å². The number of unbranched alkanes of at least 4 members (excludes halogenated alkanes) is 1. The number of hydrogen-bond donors (Lipinski definition) is 0. The largest absolute Gasteiger partial charge is 1.00 e. The molecule has 2 aliphatic heterocycles. The van der Waals surface area contributed by atoms with E-state index in [1.165, 1.54) is 31.7 Å². The Morgan fingerprint density at radius 3 is 1.59 bits per heavy atom. The van der Waals surface area contributed by atoms with Crippen molar-refractivity contribution >= 4 is 15.9 Å². The first-order chi connectivity index (χ1) is 20.8. The van der Waals surface area contributed by atoms with E-state index in [9.17, 15) is 17.6 Å². The van der Waals surface area contributed by atoms with Gasteiger partial charge in [0.05, 0.1) is 39.1 Å². The maximum absolute atomic E-state index is 12.8. The van der Waals surface area contributed by atoms with Crippen molar-refractivity contribution in [1.82, 2.24) is 9.80 Å². The minimum Gasteiger partial charge on any atom is -0.496 e. The summed E-state index contributed by atoms with van der Waals surface area (Å²) >= 11 is 3.10. The smallest absolute Gasteiger partial charge is 0.496 e. The Bertz CT molecular complexity index is 1030. The Labute approximate surface area is 294 Å². The average molecular weight is 720 g/mol. The number of halogens is 5. The molecular formula is C33H52BrF4LiN2O5. The molecule has 260 valence electrons. The van der Waals surface area contributed by atoms with Gasteiger partial charge >= 0.3 is 18.9 Å². The second kappa shape index (κ2) is 27.4. The molecule has 2 saturated heterocycles. The molecule has 0 atom stereocenters. The first-order valence-corrected chi connectivity index (χ1v) is 15.3. The van der Waals surface area contributed by atoms with Crippen LogP contribution in [0, 0.1) is 6.92 Å². The quantitative estimate of drug-likeness (QED) is 0.167. The second-order valence-electron chi connectivity index (χ2n) is 9.65. The standard InChI is InChI=1S/C14H19F2NO3.C13H16BrF2NO2.C4H9.2CH4.Li/c1-18-13-3-2-11(10-12(13)14(15)16)20-9-6-17-4-7-19-8-5-17;14-12-2-1-10(9-11(12)13(15)16)19-8-5-17-3-6-18-7-4-17;1-3-4-2;;;/h2-3,10,14H,4-9H2,1H3;1-2,9,13H,3-8H2;1,3-4H2,2H3;2*1H4;/q;;-1;;;+1.